The highest BCUT2D eigenvalue weighted by molar-refractivity contribution is 5.57. The van der Waals surface area contributed by atoms with Crippen LogP contribution >= 0.6 is 0 Å². The number of piperazine rings is 1. The van der Waals surface area contributed by atoms with Crippen molar-refractivity contribution >= 4 is 11.8 Å². The highest BCUT2D eigenvalue weighted by Gasteiger charge is 2.44. The van der Waals surface area contributed by atoms with E-state index in [1.54, 1.807) is 0 Å². The quantitative estimate of drug-likeness (QED) is 0.897. The van der Waals surface area contributed by atoms with Gasteiger partial charge in [0.2, 0.25) is 5.95 Å². The van der Waals surface area contributed by atoms with Gasteiger partial charge < -0.3 is 15.1 Å². The summed E-state index contributed by atoms with van der Waals surface area (Å²) >= 11 is 0. The maximum absolute atomic E-state index is 14.2. The van der Waals surface area contributed by atoms with E-state index in [2.05, 4.69) is 27.1 Å². The molecule has 1 aliphatic carbocycles. The largest absolute Gasteiger partial charge is 0.354 e. The summed E-state index contributed by atoms with van der Waals surface area (Å²) in [5, 5.41) is 3.29. The summed E-state index contributed by atoms with van der Waals surface area (Å²) in [5.74, 6) is -1.60. The molecule has 1 N–H and O–H groups in total. The molecule has 5 nitrogen and oxygen atoms in total. The predicted molar refractivity (Wildman–Crippen MR) is 80.8 cm³/mol. The zero-order valence-electron chi connectivity index (χ0n) is 12.8. The SMILES string of the molecule is CC1CCN1c1nc(N2CCNCC2)c2c(n1)C(F)(F)CC2. The molecule has 0 radical (unpaired) electrons. The first kappa shape index (κ1) is 14.1. The van der Waals surface area contributed by atoms with Gasteiger partial charge in [-0.3, -0.25) is 0 Å². The number of nitrogens with one attached hydrogen (secondary N) is 1. The van der Waals surface area contributed by atoms with E-state index in [9.17, 15) is 8.78 Å². The lowest BCUT2D eigenvalue weighted by atomic mass is 10.1. The number of halogens is 2. The third-order valence-corrected chi connectivity index (χ3v) is 5.00. The van der Waals surface area contributed by atoms with Gasteiger partial charge in [-0.15, -0.1) is 0 Å². The number of rotatable bonds is 2. The zero-order chi connectivity index (χ0) is 15.3. The molecule has 7 heteroatoms. The molecule has 22 heavy (non-hydrogen) atoms. The maximum Gasteiger partial charge on any atom is 0.290 e. The van der Waals surface area contributed by atoms with Crippen molar-refractivity contribution in [3.8, 4) is 0 Å². The summed E-state index contributed by atoms with van der Waals surface area (Å²) in [6.07, 6.45) is 1.30. The van der Waals surface area contributed by atoms with Crippen LogP contribution in [0.15, 0.2) is 0 Å². The molecule has 0 spiro atoms. The summed E-state index contributed by atoms with van der Waals surface area (Å²) in [5.41, 5.74) is 0.619. The van der Waals surface area contributed by atoms with Crippen molar-refractivity contribution in [3.05, 3.63) is 11.3 Å². The Balaban J connectivity index is 1.78. The van der Waals surface area contributed by atoms with E-state index >= 15 is 0 Å². The Morgan fingerprint density at radius 1 is 1.18 bits per heavy atom. The minimum Gasteiger partial charge on any atom is -0.354 e. The summed E-state index contributed by atoms with van der Waals surface area (Å²) < 4.78 is 28.4. The number of nitrogens with zero attached hydrogens (tertiary/aromatic N) is 4. The number of fused-ring (bicyclic) bond motifs is 1. The average Bonchev–Trinajstić information content (AvgIpc) is 2.82. The number of alkyl halides is 2. The van der Waals surface area contributed by atoms with Crippen molar-refractivity contribution in [2.45, 2.75) is 38.2 Å². The molecule has 2 saturated heterocycles. The van der Waals surface area contributed by atoms with E-state index in [1.165, 1.54) is 0 Å². The van der Waals surface area contributed by atoms with Crippen molar-refractivity contribution in [2.24, 2.45) is 0 Å². The lowest BCUT2D eigenvalue weighted by molar-refractivity contribution is -0.00595. The Labute approximate surface area is 128 Å². The Kier molecular flexibility index (Phi) is 3.21. The van der Waals surface area contributed by atoms with Crippen LogP contribution in [-0.2, 0) is 12.3 Å². The third-order valence-electron chi connectivity index (χ3n) is 5.00. The number of hydrogen-bond acceptors (Lipinski definition) is 5. The summed E-state index contributed by atoms with van der Waals surface area (Å²) in [4.78, 5) is 13.1. The second-order valence-corrected chi connectivity index (χ2v) is 6.45. The minimum absolute atomic E-state index is 0.0369. The molecule has 1 atom stereocenters. The zero-order valence-corrected chi connectivity index (χ0v) is 12.8. The molecule has 1 aromatic heterocycles. The van der Waals surface area contributed by atoms with Gasteiger partial charge in [0.15, 0.2) is 0 Å². The third kappa shape index (κ3) is 2.14. The van der Waals surface area contributed by atoms with Crippen molar-refractivity contribution < 1.29 is 8.78 Å². The molecule has 3 aliphatic rings. The van der Waals surface area contributed by atoms with Gasteiger partial charge in [0, 0.05) is 50.7 Å². The Hall–Kier alpha value is -1.50. The van der Waals surface area contributed by atoms with Gasteiger partial charge >= 0.3 is 0 Å². The monoisotopic (exact) mass is 309 g/mol. The predicted octanol–water partition coefficient (Wildman–Crippen LogP) is 1.52. The molecule has 2 fully saturated rings. The first-order chi connectivity index (χ1) is 10.6. The molecular weight excluding hydrogens is 288 g/mol. The van der Waals surface area contributed by atoms with Crippen LogP contribution in [0.25, 0.3) is 0 Å². The van der Waals surface area contributed by atoms with E-state index in [4.69, 9.17) is 0 Å². The van der Waals surface area contributed by atoms with E-state index in [0.717, 1.165) is 45.0 Å². The van der Waals surface area contributed by atoms with Gasteiger partial charge in [-0.1, -0.05) is 0 Å². The van der Waals surface area contributed by atoms with Gasteiger partial charge in [0.25, 0.3) is 5.92 Å². The lowest BCUT2D eigenvalue weighted by Gasteiger charge is -2.39. The van der Waals surface area contributed by atoms with Crippen LogP contribution in [0.5, 0.6) is 0 Å². The van der Waals surface area contributed by atoms with Crippen LogP contribution in [0.1, 0.15) is 31.0 Å². The van der Waals surface area contributed by atoms with Gasteiger partial charge in [-0.05, 0) is 19.8 Å². The van der Waals surface area contributed by atoms with Crippen molar-refractivity contribution in [1.82, 2.24) is 15.3 Å². The molecule has 0 bridgehead atoms. The van der Waals surface area contributed by atoms with E-state index < -0.39 is 5.92 Å². The molecule has 4 rings (SSSR count). The Morgan fingerprint density at radius 3 is 2.59 bits per heavy atom. The van der Waals surface area contributed by atoms with Crippen LogP contribution < -0.4 is 15.1 Å². The number of anilines is 2. The number of aromatic nitrogens is 2. The normalized spacial score (nSPS) is 26.8. The summed E-state index contributed by atoms with van der Waals surface area (Å²) in [6, 6.07) is 0.337. The van der Waals surface area contributed by atoms with Gasteiger partial charge in [-0.25, -0.2) is 4.98 Å². The molecule has 2 aliphatic heterocycles. The smallest absolute Gasteiger partial charge is 0.290 e. The van der Waals surface area contributed by atoms with Crippen molar-refractivity contribution in [1.29, 1.82) is 0 Å². The van der Waals surface area contributed by atoms with Crippen molar-refractivity contribution in [2.75, 3.05) is 42.5 Å². The molecule has 0 saturated carbocycles. The first-order valence-corrected chi connectivity index (χ1v) is 8.08. The van der Waals surface area contributed by atoms with Gasteiger partial charge in [-0.2, -0.15) is 13.8 Å². The topological polar surface area (TPSA) is 44.3 Å². The van der Waals surface area contributed by atoms with Crippen LogP contribution in [-0.4, -0.2) is 48.7 Å². The van der Waals surface area contributed by atoms with E-state index in [0.29, 0.717) is 24.0 Å². The van der Waals surface area contributed by atoms with E-state index in [1.807, 2.05) is 4.90 Å². The van der Waals surface area contributed by atoms with Gasteiger partial charge in [0.1, 0.15) is 11.5 Å². The average molecular weight is 309 g/mol. The fraction of sp³-hybridized carbons (Fsp3) is 0.733. The molecule has 0 amide bonds. The molecule has 3 heterocycles. The van der Waals surface area contributed by atoms with Crippen LogP contribution in [0.2, 0.25) is 0 Å². The highest BCUT2D eigenvalue weighted by Crippen LogP contribution is 2.44. The van der Waals surface area contributed by atoms with Crippen LogP contribution in [0.3, 0.4) is 0 Å². The molecule has 1 aromatic rings. The molecule has 120 valence electrons. The number of hydrogen-bond donors (Lipinski definition) is 1. The second kappa shape index (κ2) is 5.01. The van der Waals surface area contributed by atoms with Gasteiger partial charge in [0.05, 0.1) is 0 Å². The Morgan fingerprint density at radius 2 is 1.95 bits per heavy atom. The van der Waals surface area contributed by atoms with Crippen LogP contribution in [0.4, 0.5) is 20.5 Å². The Bertz CT molecular complexity index is 586. The lowest BCUT2D eigenvalue weighted by Crippen LogP contribution is -2.48. The van der Waals surface area contributed by atoms with Crippen molar-refractivity contribution in [3.63, 3.8) is 0 Å². The van der Waals surface area contributed by atoms with E-state index in [-0.39, 0.29) is 12.1 Å². The standard InChI is InChI=1S/C15H21F2N5/c1-10-3-7-22(10)14-19-12-11(2-4-15(12,16)17)13(20-14)21-8-5-18-6-9-21/h10,18H,2-9H2,1H3. The summed E-state index contributed by atoms with van der Waals surface area (Å²) in [7, 11) is 0. The van der Waals surface area contributed by atoms with Crippen LogP contribution in [0, 0.1) is 0 Å². The molecule has 0 aromatic carbocycles. The fourth-order valence-electron chi connectivity index (χ4n) is 3.47. The summed E-state index contributed by atoms with van der Waals surface area (Å²) in [6.45, 7) is 6.29. The molecular formula is C15H21F2N5. The minimum atomic E-state index is -2.82. The fourth-order valence-corrected chi connectivity index (χ4v) is 3.47. The highest BCUT2D eigenvalue weighted by atomic mass is 19.3. The molecule has 1 unspecified atom stereocenters. The maximum atomic E-state index is 14.2. The first-order valence-electron chi connectivity index (χ1n) is 8.08. The second-order valence-electron chi connectivity index (χ2n) is 6.45.